The average Bonchev–Trinajstić information content (AvgIpc) is 3.19. The highest BCUT2D eigenvalue weighted by Crippen LogP contribution is 2.13. The molecule has 1 amide bonds. The maximum absolute atomic E-state index is 11.9. The molecular formula is C21H30N4O2. The van der Waals surface area contributed by atoms with Crippen LogP contribution in [-0.4, -0.2) is 44.0 Å². The Balaban J connectivity index is 2.00. The van der Waals surface area contributed by atoms with Crippen molar-refractivity contribution in [1.29, 1.82) is 0 Å². The molecule has 0 aliphatic carbocycles. The second-order valence-corrected chi connectivity index (χ2v) is 6.67. The molecule has 0 saturated carbocycles. The molecule has 27 heavy (non-hydrogen) atoms. The van der Waals surface area contributed by atoms with Crippen molar-refractivity contribution in [3.05, 3.63) is 59.5 Å². The molecule has 0 aliphatic rings. The second kappa shape index (κ2) is 10.4. The van der Waals surface area contributed by atoms with E-state index in [4.69, 9.17) is 4.42 Å². The standard InChI is InChI=1S/C21H30N4O2/c1-5-17-8-10-18(11-9-17)16(2)24-21(23-15-20(26)25(3)4)22-13-12-19-7-6-14-27-19/h6-11,14,16H,5,12-13,15H2,1-4H3,(H2,22,23,24). The Kier molecular flexibility index (Phi) is 7.92. The molecule has 2 N–H and O–H groups in total. The van der Waals surface area contributed by atoms with Crippen molar-refractivity contribution in [2.24, 2.45) is 4.99 Å². The van der Waals surface area contributed by atoms with Gasteiger partial charge >= 0.3 is 0 Å². The number of carbonyl (C=O) groups is 1. The maximum atomic E-state index is 11.9. The number of benzene rings is 1. The van der Waals surface area contributed by atoms with E-state index in [1.165, 1.54) is 16.0 Å². The van der Waals surface area contributed by atoms with Gasteiger partial charge in [-0.05, 0) is 36.6 Å². The lowest BCUT2D eigenvalue weighted by atomic mass is 10.1. The van der Waals surface area contributed by atoms with Crippen LogP contribution in [0.1, 0.15) is 36.8 Å². The molecule has 0 fully saturated rings. The summed E-state index contributed by atoms with van der Waals surface area (Å²) in [5, 5.41) is 6.67. The van der Waals surface area contributed by atoms with E-state index < -0.39 is 0 Å². The van der Waals surface area contributed by atoms with Crippen molar-refractivity contribution in [2.45, 2.75) is 32.7 Å². The molecule has 1 aromatic carbocycles. The summed E-state index contributed by atoms with van der Waals surface area (Å²) in [6, 6.07) is 12.4. The van der Waals surface area contributed by atoms with E-state index in [0.29, 0.717) is 12.5 Å². The summed E-state index contributed by atoms with van der Waals surface area (Å²) >= 11 is 0. The first-order valence-corrected chi connectivity index (χ1v) is 9.35. The van der Waals surface area contributed by atoms with E-state index in [1.807, 2.05) is 12.1 Å². The van der Waals surface area contributed by atoms with Crippen LogP contribution in [0.3, 0.4) is 0 Å². The predicted octanol–water partition coefficient (Wildman–Crippen LogP) is 2.77. The summed E-state index contributed by atoms with van der Waals surface area (Å²) in [5.41, 5.74) is 2.49. The minimum absolute atomic E-state index is 0.0397. The molecule has 1 unspecified atom stereocenters. The number of likely N-dealkylation sites (N-methyl/N-ethyl adjacent to an activating group) is 1. The predicted molar refractivity (Wildman–Crippen MR) is 109 cm³/mol. The lowest BCUT2D eigenvalue weighted by Crippen LogP contribution is -2.40. The Bertz CT molecular complexity index is 721. The van der Waals surface area contributed by atoms with Crippen LogP contribution >= 0.6 is 0 Å². The third-order valence-corrected chi connectivity index (χ3v) is 4.36. The number of hydrogen-bond donors (Lipinski definition) is 2. The minimum atomic E-state index is -0.0397. The van der Waals surface area contributed by atoms with E-state index in [1.54, 1.807) is 20.4 Å². The number of furan rings is 1. The summed E-state index contributed by atoms with van der Waals surface area (Å²) in [6.07, 6.45) is 3.44. The van der Waals surface area contributed by atoms with E-state index >= 15 is 0 Å². The Morgan fingerprint density at radius 1 is 1.22 bits per heavy atom. The van der Waals surface area contributed by atoms with Crippen molar-refractivity contribution < 1.29 is 9.21 Å². The summed E-state index contributed by atoms with van der Waals surface area (Å²) in [6.45, 7) is 4.99. The lowest BCUT2D eigenvalue weighted by Gasteiger charge is -2.19. The van der Waals surface area contributed by atoms with Gasteiger partial charge in [-0.15, -0.1) is 0 Å². The topological polar surface area (TPSA) is 69.9 Å². The Hall–Kier alpha value is -2.76. The van der Waals surface area contributed by atoms with Gasteiger partial charge < -0.3 is 20.0 Å². The third kappa shape index (κ3) is 6.81. The zero-order valence-corrected chi connectivity index (χ0v) is 16.7. The summed E-state index contributed by atoms with van der Waals surface area (Å²) in [4.78, 5) is 17.9. The van der Waals surface area contributed by atoms with Gasteiger partial charge in [-0.1, -0.05) is 31.2 Å². The highest BCUT2D eigenvalue weighted by Gasteiger charge is 2.10. The van der Waals surface area contributed by atoms with Crippen molar-refractivity contribution in [3.63, 3.8) is 0 Å². The maximum Gasteiger partial charge on any atom is 0.243 e. The SMILES string of the molecule is CCc1ccc(C(C)NC(=NCC(=O)N(C)C)NCCc2ccco2)cc1. The van der Waals surface area contributed by atoms with Gasteiger partial charge in [0.1, 0.15) is 12.3 Å². The summed E-state index contributed by atoms with van der Waals surface area (Å²) < 4.78 is 5.36. The van der Waals surface area contributed by atoms with Crippen LogP contribution in [0.5, 0.6) is 0 Å². The number of rotatable bonds is 8. The monoisotopic (exact) mass is 370 g/mol. The fourth-order valence-corrected chi connectivity index (χ4v) is 2.53. The highest BCUT2D eigenvalue weighted by molar-refractivity contribution is 5.85. The first-order valence-electron chi connectivity index (χ1n) is 9.35. The number of amides is 1. The molecule has 0 radical (unpaired) electrons. The van der Waals surface area contributed by atoms with Gasteiger partial charge in [0.05, 0.1) is 12.3 Å². The van der Waals surface area contributed by atoms with Gasteiger partial charge in [-0.2, -0.15) is 0 Å². The van der Waals surface area contributed by atoms with Gasteiger partial charge in [0.15, 0.2) is 5.96 Å². The fraction of sp³-hybridized carbons (Fsp3) is 0.429. The zero-order valence-electron chi connectivity index (χ0n) is 16.7. The van der Waals surface area contributed by atoms with Crippen LogP contribution in [0.15, 0.2) is 52.1 Å². The number of nitrogens with one attached hydrogen (secondary N) is 2. The van der Waals surface area contributed by atoms with Gasteiger partial charge in [-0.25, -0.2) is 4.99 Å². The van der Waals surface area contributed by atoms with Gasteiger partial charge in [0, 0.05) is 27.1 Å². The number of aliphatic imine (C=N–C) groups is 1. The molecule has 0 spiro atoms. The molecule has 2 rings (SSSR count). The fourth-order valence-electron chi connectivity index (χ4n) is 2.53. The molecule has 0 bridgehead atoms. The zero-order chi connectivity index (χ0) is 19.6. The molecule has 0 saturated heterocycles. The second-order valence-electron chi connectivity index (χ2n) is 6.67. The molecule has 6 nitrogen and oxygen atoms in total. The Morgan fingerprint density at radius 2 is 1.96 bits per heavy atom. The van der Waals surface area contributed by atoms with E-state index in [9.17, 15) is 4.79 Å². The van der Waals surface area contributed by atoms with Gasteiger partial charge in [-0.3, -0.25) is 4.79 Å². The van der Waals surface area contributed by atoms with Gasteiger partial charge in [0.2, 0.25) is 5.91 Å². The highest BCUT2D eigenvalue weighted by atomic mass is 16.3. The number of aryl methyl sites for hydroxylation is 1. The van der Waals surface area contributed by atoms with Crippen LogP contribution in [0.25, 0.3) is 0 Å². The molecule has 1 atom stereocenters. The minimum Gasteiger partial charge on any atom is -0.469 e. The van der Waals surface area contributed by atoms with Crippen LogP contribution in [0.4, 0.5) is 0 Å². The number of carbonyl (C=O) groups excluding carboxylic acids is 1. The molecular weight excluding hydrogens is 340 g/mol. The number of guanidine groups is 1. The van der Waals surface area contributed by atoms with Crippen LogP contribution in [0.2, 0.25) is 0 Å². The Morgan fingerprint density at radius 3 is 2.56 bits per heavy atom. The molecule has 2 aromatic rings. The average molecular weight is 370 g/mol. The molecule has 0 aliphatic heterocycles. The molecule has 6 heteroatoms. The van der Waals surface area contributed by atoms with E-state index in [0.717, 1.165) is 18.6 Å². The van der Waals surface area contributed by atoms with Crippen molar-refractivity contribution in [1.82, 2.24) is 15.5 Å². The van der Waals surface area contributed by atoms with Crippen molar-refractivity contribution in [2.75, 3.05) is 27.2 Å². The Labute approximate surface area is 161 Å². The van der Waals surface area contributed by atoms with Crippen molar-refractivity contribution >= 4 is 11.9 Å². The normalized spacial score (nSPS) is 12.5. The first-order chi connectivity index (χ1) is 13.0. The lowest BCUT2D eigenvalue weighted by molar-refractivity contribution is -0.127. The van der Waals surface area contributed by atoms with Crippen molar-refractivity contribution in [3.8, 4) is 0 Å². The number of nitrogens with zero attached hydrogens (tertiary/aromatic N) is 2. The third-order valence-electron chi connectivity index (χ3n) is 4.36. The van der Waals surface area contributed by atoms with E-state index in [2.05, 4.69) is 53.7 Å². The summed E-state index contributed by atoms with van der Waals surface area (Å²) in [5.74, 6) is 1.49. The quantitative estimate of drug-likeness (QED) is 0.554. The van der Waals surface area contributed by atoms with Crippen LogP contribution in [0, 0.1) is 0 Å². The molecule has 1 aromatic heterocycles. The molecule has 1 heterocycles. The smallest absolute Gasteiger partial charge is 0.243 e. The van der Waals surface area contributed by atoms with Crippen LogP contribution < -0.4 is 10.6 Å². The first kappa shape index (κ1) is 20.6. The molecule has 146 valence electrons. The van der Waals surface area contributed by atoms with E-state index in [-0.39, 0.29) is 18.5 Å². The van der Waals surface area contributed by atoms with Gasteiger partial charge in [0.25, 0.3) is 0 Å². The van der Waals surface area contributed by atoms with Crippen LogP contribution in [-0.2, 0) is 17.6 Å². The summed E-state index contributed by atoms with van der Waals surface area (Å²) in [7, 11) is 3.46. The largest absolute Gasteiger partial charge is 0.469 e. The number of hydrogen-bond acceptors (Lipinski definition) is 3.